The Balaban J connectivity index is 1.25. The molecule has 2 aliphatic rings. The van der Waals surface area contributed by atoms with E-state index in [4.69, 9.17) is 4.74 Å². The third-order valence-corrected chi connectivity index (χ3v) is 8.11. The lowest BCUT2D eigenvalue weighted by Gasteiger charge is -2.32. The molecular formula is C34H32F2N2O2. The van der Waals surface area contributed by atoms with Gasteiger partial charge in [-0.05, 0) is 82.0 Å². The Hall–Kier alpha value is -4.03. The van der Waals surface area contributed by atoms with Crippen LogP contribution in [-0.2, 0) is 30.8 Å². The third-order valence-electron chi connectivity index (χ3n) is 8.11. The van der Waals surface area contributed by atoms with E-state index in [0.717, 1.165) is 47.9 Å². The minimum absolute atomic E-state index is 0.00801. The van der Waals surface area contributed by atoms with Crippen molar-refractivity contribution in [3.8, 4) is 16.9 Å². The molecule has 1 saturated carbocycles. The smallest absolute Gasteiger partial charge is 0.224 e. The van der Waals surface area contributed by atoms with Gasteiger partial charge in [0.15, 0.2) is 0 Å². The molecule has 2 unspecified atom stereocenters. The van der Waals surface area contributed by atoms with E-state index in [9.17, 15) is 13.6 Å². The zero-order chi connectivity index (χ0) is 27.6. The lowest BCUT2D eigenvalue weighted by molar-refractivity contribution is -0.122. The fourth-order valence-corrected chi connectivity index (χ4v) is 5.99. The minimum Gasteiger partial charge on any atom is -0.497 e. The number of halogens is 2. The zero-order valence-electron chi connectivity index (χ0n) is 22.5. The maximum atomic E-state index is 13.9. The molecule has 204 valence electrons. The summed E-state index contributed by atoms with van der Waals surface area (Å²) in [7, 11) is 1.66. The second-order valence-electron chi connectivity index (χ2n) is 10.8. The van der Waals surface area contributed by atoms with Crippen molar-refractivity contribution in [2.24, 2.45) is 5.92 Å². The molecule has 4 nitrogen and oxygen atoms in total. The number of benzene rings is 4. The van der Waals surface area contributed by atoms with E-state index in [-0.39, 0.29) is 17.7 Å². The molecule has 0 spiro atoms. The summed E-state index contributed by atoms with van der Waals surface area (Å²) in [6, 6.07) is 26.2. The predicted molar refractivity (Wildman–Crippen MR) is 152 cm³/mol. The van der Waals surface area contributed by atoms with Crippen LogP contribution in [0.1, 0.15) is 40.2 Å². The van der Waals surface area contributed by atoms with E-state index in [0.29, 0.717) is 25.2 Å². The number of hydrogen-bond donors (Lipinski definition) is 1. The van der Waals surface area contributed by atoms with Gasteiger partial charge in [0.25, 0.3) is 0 Å². The first-order valence-corrected chi connectivity index (χ1v) is 13.8. The molecular weight excluding hydrogens is 506 g/mol. The Morgan fingerprint density at radius 3 is 2.52 bits per heavy atom. The quantitative estimate of drug-likeness (QED) is 0.274. The SMILES string of the molecule is COc1cccc(-c2ccc(CNC(=O)C3CC3c3ccccc3)c3c2CCN(Cc2cc(F)cc(F)c2)C3)c1. The maximum Gasteiger partial charge on any atom is 0.224 e. The summed E-state index contributed by atoms with van der Waals surface area (Å²) < 4.78 is 33.2. The molecule has 1 aliphatic carbocycles. The van der Waals surface area contributed by atoms with Gasteiger partial charge < -0.3 is 10.1 Å². The van der Waals surface area contributed by atoms with Crippen molar-refractivity contribution in [2.75, 3.05) is 13.7 Å². The van der Waals surface area contributed by atoms with Crippen LogP contribution in [0.25, 0.3) is 11.1 Å². The molecule has 1 amide bonds. The van der Waals surface area contributed by atoms with Crippen LogP contribution in [0, 0.1) is 17.6 Å². The maximum absolute atomic E-state index is 13.9. The number of carbonyl (C=O) groups excluding carboxylic acids is 1. The average Bonchev–Trinajstić information content (AvgIpc) is 3.77. The lowest BCUT2D eigenvalue weighted by atomic mass is 9.87. The van der Waals surface area contributed by atoms with Crippen molar-refractivity contribution in [1.82, 2.24) is 10.2 Å². The molecule has 1 aliphatic heterocycles. The largest absolute Gasteiger partial charge is 0.497 e. The number of carbonyl (C=O) groups is 1. The van der Waals surface area contributed by atoms with Crippen LogP contribution in [0.5, 0.6) is 5.75 Å². The Morgan fingerprint density at radius 2 is 1.75 bits per heavy atom. The molecule has 1 fully saturated rings. The van der Waals surface area contributed by atoms with Gasteiger partial charge in [0.2, 0.25) is 5.91 Å². The summed E-state index contributed by atoms with van der Waals surface area (Å²) in [5, 5.41) is 3.19. The van der Waals surface area contributed by atoms with Gasteiger partial charge in [-0.15, -0.1) is 0 Å². The van der Waals surface area contributed by atoms with E-state index < -0.39 is 11.6 Å². The summed E-state index contributed by atoms with van der Waals surface area (Å²) >= 11 is 0. The van der Waals surface area contributed by atoms with E-state index >= 15 is 0 Å². The summed E-state index contributed by atoms with van der Waals surface area (Å²) in [6.07, 6.45) is 1.67. The highest BCUT2D eigenvalue weighted by Crippen LogP contribution is 2.47. The van der Waals surface area contributed by atoms with Crippen LogP contribution < -0.4 is 10.1 Å². The van der Waals surface area contributed by atoms with Crippen molar-refractivity contribution < 1.29 is 18.3 Å². The number of nitrogens with one attached hydrogen (secondary N) is 1. The molecule has 4 aromatic carbocycles. The van der Waals surface area contributed by atoms with E-state index in [2.05, 4.69) is 40.5 Å². The Bertz CT molecular complexity index is 1520. The van der Waals surface area contributed by atoms with Crippen molar-refractivity contribution >= 4 is 5.91 Å². The molecule has 0 saturated heterocycles. The first-order valence-electron chi connectivity index (χ1n) is 13.8. The summed E-state index contributed by atoms with van der Waals surface area (Å²) in [4.78, 5) is 15.3. The molecule has 0 bridgehead atoms. The summed E-state index contributed by atoms with van der Waals surface area (Å²) in [5.74, 6) is 0.0457. The average molecular weight is 539 g/mol. The van der Waals surface area contributed by atoms with Crippen LogP contribution in [0.4, 0.5) is 8.78 Å². The zero-order valence-corrected chi connectivity index (χ0v) is 22.5. The Labute approximate surface area is 233 Å². The third kappa shape index (κ3) is 5.63. The van der Waals surface area contributed by atoms with Gasteiger partial charge in [-0.3, -0.25) is 9.69 Å². The second-order valence-corrected chi connectivity index (χ2v) is 10.8. The van der Waals surface area contributed by atoms with E-state index in [1.165, 1.54) is 28.8 Å². The highest BCUT2D eigenvalue weighted by Gasteiger charge is 2.43. The van der Waals surface area contributed by atoms with Gasteiger partial charge in [-0.1, -0.05) is 54.6 Å². The van der Waals surface area contributed by atoms with Crippen LogP contribution >= 0.6 is 0 Å². The van der Waals surface area contributed by atoms with E-state index in [1.54, 1.807) is 7.11 Å². The number of hydrogen-bond acceptors (Lipinski definition) is 3. The van der Waals surface area contributed by atoms with Gasteiger partial charge in [0.05, 0.1) is 7.11 Å². The number of ether oxygens (including phenoxy) is 1. The van der Waals surface area contributed by atoms with Crippen molar-refractivity contribution in [3.63, 3.8) is 0 Å². The molecule has 40 heavy (non-hydrogen) atoms. The van der Waals surface area contributed by atoms with Gasteiger partial charge in [-0.25, -0.2) is 8.78 Å². The molecule has 6 rings (SSSR count). The van der Waals surface area contributed by atoms with Gasteiger partial charge in [0.1, 0.15) is 17.4 Å². The predicted octanol–water partition coefficient (Wildman–Crippen LogP) is 6.62. The fourth-order valence-electron chi connectivity index (χ4n) is 5.99. The number of fused-ring (bicyclic) bond motifs is 1. The van der Waals surface area contributed by atoms with Crippen molar-refractivity contribution in [2.45, 2.75) is 38.4 Å². The van der Waals surface area contributed by atoms with Crippen molar-refractivity contribution in [1.29, 1.82) is 0 Å². The molecule has 6 heteroatoms. The molecule has 0 aromatic heterocycles. The topological polar surface area (TPSA) is 41.6 Å². The summed E-state index contributed by atoms with van der Waals surface area (Å²) in [6.45, 7) is 2.29. The standard InChI is InChI=1S/C34H32F2N2O2/c1-40-28-9-5-8-24(16-28)29-11-10-25(19-37-34(39)32-18-31(32)23-6-3-2-4-7-23)33-21-38(13-12-30(29)33)20-22-14-26(35)17-27(36)15-22/h2-11,14-17,31-32H,12-13,18-21H2,1H3,(H,37,39). The molecule has 1 heterocycles. The highest BCUT2D eigenvalue weighted by molar-refractivity contribution is 5.83. The Morgan fingerprint density at radius 1 is 0.950 bits per heavy atom. The number of methoxy groups -OCH3 is 1. The fraction of sp³-hybridized carbons (Fsp3) is 0.265. The second kappa shape index (κ2) is 11.2. The molecule has 1 N–H and O–H groups in total. The Kier molecular flexibility index (Phi) is 7.35. The van der Waals surface area contributed by atoms with Gasteiger partial charge in [-0.2, -0.15) is 0 Å². The number of amides is 1. The van der Waals surface area contributed by atoms with Gasteiger partial charge in [0, 0.05) is 38.2 Å². The normalized spacial score (nSPS) is 18.2. The number of nitrogens with zero attached hydrogens (tertiary/aromatic N) is 1. The first kappa shape index (κ1) is 26.2. The first-order chi connectivity index (χ1) is 19.5. The van der Waals surface area contributed by atoms with Crippen LogP contribution in [0.15, 0.2) is 84.9 Å². The van der Waals surface area contributed by atoms with Gasteiger partial charge >= 0.3 is 0 Å². The summed E-state index contributed by atoms with van der Waals surface area (Å²) in [5.41, 5.74) is 7.53. The minimum atomic E-state index is -0.565. The number of rotatable bonds is 8. The molecule has 2 atom stereocenters. The monoisotopic (exact) mass is 538 g/mol. The lowest BCUT2D eigenvalue weighted by Crippen LogP contribution is -2.32. The van der Waals surface area contributed by atoms with Crippen LogP contribution in [0.3, 0.4) is 0 Å². The molecule has 4 aromatic rings. The highest BCUT2D eigenvalue weighted by atomic mass is 19.1. The van der Waals surface area contributed by atoms with Crippen LogP contribution in [0.2, 0.25) is 0 Å². The molecule has 0 radical (unpaired) electrons. The van der Waals surface area contributed by atoms with Crippen molar-refractivity contribution in [3.05, 3.63) is 124 Å². The van der Waals surface area contributed by atoms with E-state index in [1.807, 2.05) is 36.4 Å². The van der Waals surface area contributed by atoms with Crippen LogP contribution in [-0.4, -0.2) is 24.5 Å².